The van der Waals surface area contributed by atoms with E-state index in [2.05, 4.69) is 5.32 Å². The Kier molecular flexibility index (Phi) is 7.56. The van der Waals surface area contributed by atoms with Crippen LogP contribution in [0.25, 0.3) is 0 Å². The topological polar surface area (TPSA) is 41.6 Å². The number of alkyl halides is 3. The van der Waals surface area contributed by atoms with E-state index in [9.17, 15) is 22.4 Å². The van der Waals surface area contributed by atoms with Gasteiger partial charge >= 0.3 is 6.18 Å². The molecule has 168 valence electrons. The average Bonchev–Trinajstić information content (AvgIpc) is 2.70. The highest BCUT2D eigenvalue weighted by Gasteiger charge is 2.31. The lowest BCUT2D eigenvalue weighted by Crippen LogP contribution is -2.47. The van der Waals surface area contributed by atoms with Crippen molar-refractivity contribution in [1.29, 1.82) is 0 Å². The number of nitrogens with zero attached hydrogens (tertiary/aromatic N) is 1. The molecule has 1 amide bonds. The van der Waals surface area contributed by atoms with Gasteiger partial charge in [0.05, 0.1) is 30.7 Å². The second-order valence-corrected chi connectivity index (χ2v) is 7.91. The van der Waals surface area contributed by atoms with Crippen LogP contribution in [0, 0.1) is 5.82 Å². The van der Waals surface area contributed by atoms with Crippen molar-refractivity contribution in [3.8, 4) is 0 Å². The van der Waals surface area contributed by atoms with Crippen LogP contribution in [0.1, 0.15) is 29.7 Å². The number of carbonyl (C=O) groups is 1. The molecule has 0 radical (unpaired) electrons. The van der Waals surface area contributed by atoms with E-state index in [4.69, 9.17) is 16.3 Å². The fraction of sp³-hybridized carbons (Fsp3) is 0.409. The van der Waals surface area contributed by atoms with Gasteiger partial charge in [-0.2, -0.15) is 13.2 Å². The van der Waals surface area contributed by atoms with E-state index in [1.807, 2.05) is 11.8 Å². The molecule has 1 heterocycles. The van der Waals surface area contributed by atoms with E-state index < -0.39 is 23.6 Å². The van der Waals surface area contributed by atoms with Gasteiger partial charge in [-0.3, -0.25) is 9.69 Å². The van der Waals surface area contributed by atoms with Crippen LogP contribution in [0.5, 0.6) is 0 Å². The van der Waals surface area contributed by atoms with Crippen LogP contribution in [0.2, 0.25) is 5.02 Å². The van der Waals surface area contributed by atoms with Crippen molar-refractivity contribution in [1.82, 2.24) is 10.2 Å². The van der Waals surface area contributed by atoms with Crippen molar-refractivity contribution in [2.24, 2.45) is 0 Å². The molecule has 1 aliphatic rings. The molecule has 4 nitrogen and oxygen atoms in total. The molecule has 2 atom stereocenters. The molecule has 2 unspecified atom stereocenters. The van der Waals surface area contributed by atoms with Gasteiger partial charge in [-0.05, 0) is 36.8 Å². The SMILES string of the molecule is CC1CN(C(CNC(=O)Cc2ccc(C(F)(F)F)cc2)c2c(F)cccc2Cl)CCO1. The molecule has 0 aliphatic carbocycles. The van der Waals surface area contributed by atoms with Gasteiger partial charge in [0.1, 0.15) is 5.82 Å². The lowest BCUT2D eigenvalue weighted by molar-refractivity contribution is -0.137. The van der Waals surface area contributed by atoms with Gasteiger partial charge in [-0.1, -0.05) is 29.8 Å². The first-order valence-electron chi connectivity index (χ1n) is 9.87. The van der Waals surface area contributed by atoms with Crippen molar-refractivity contribution >= 4 is 17.5 Å². The van der Waals surface area contributed by atoms with Crippen LogP contribution in [0.4, 0.5) is 17.6 Å². The second kappa shape index (κ2) is 9.97. The van der Waals surface area contributed by atoms with Crippen molar-refractivity contribution in [2.45, 2.75) is 31.7 Å². The Hall–Kier alpha value is -2.16. The van der Waals surface area contributed by atoms with E-state index in [-0.39, 0.29) is 30.0 Å². The molecular weight excluding hydrogens is 436 g/mol. The minimum Gasteiger partial charge on any atom is -0.376 e. The lowest BCUT2D eigenvalue weighted by Gasteiger charge is -2.38. The standard InChI is InChI=1S/C22H23ClF4N2O2/c1-14-13-29(9-10-31-14)19(21-17(23)3-2-4-18(21)24)12-28-20(30)11-15-5-7-16(8-6-15)22(25,26)27/h2-8,14,19H,9-13H2,1H3,(H,28,30). The maximum atomic E-state index is 14.6. The highest BCUT2D eigenvalue weighted by Crippen LogP contribution is 2.31. The van der Waals surface area contributed by atoms with Gasteiger partial charge in [0.25, 0.3) is 0 Å². The zero-order valence-electron chi connectivity index (χ0n) is 16.9. The minimum absolute atomic E-state index is 0.0513. The number of amides is 1. The zero-order chi connectivity index (χ0) is 22.6. The van der Waals surface area contributed by atoms with E-state index in [0.717, 1.165) is 12.1 Å². The normalized spacial score (nSPS) is 18.6. The second-order valence-electron chi connectivity index (χ2n) is 7.50. The minimum atomic E-state index is -4.43. The highest BCUT2D eigenvalue weighted by atomic mass is 35.5. The van der Waals surface area contributed by atoms with Crippen LogP contribution < -0.4 is 5.32 Å². The van der Waals surface area contributed by atoms with Gasteiger partial charge < -0.3 is 10.1 Å². The molecule has 3 rings (SSSR count). The van der Waals surface area contributed by atoms with Crippen molar-refractivity contribution in [3.05, 3.63) is 70.0 Å². The molecule has 1 saturated heterocycles. The van der Waals surface area contributed by atoms with Crippen LogP contribution in [0.15, 0.2) is 42.5 Å². The van der Waals surface area contributed by atoms with Crippen molar-refractivity contribution < 1.29 is 27.1 Å². The molecule has 0 spiro atoms. The summed E-state index contributed by atoms with van der Waals surface area (Å²) in [6.07, 6.45) is -4.57. The number of hydrogen-bond acceptors (Lipinski definition) is 3. The van der Waals surface area contributed by atoms with Gasteiger partial charge in [0.2, 0.25) is 5.91 Å². The lowest BCUT2D eigenvalue weighted by atomic mass is 10.0. The summed E-state index contributed by atoms with van der Waals surface area (Å²) in [5.74, 6) is -0.841. The summed E-state index contributed by atoms with van der Waals surface area (Å²) in [6, 6.07) is 8.37. The van der Waals surface area contributed by atoms with Gasteiger partial charge in [0.15, 0.2) is 0 Å². The number of nitrogens with one attached hydrogen (secondary N) is 1. The van der Waals surface area contributed by atoms with Crippen molar-refractivity contribution in [3.63, 3.8) is 0 Å². The molecule has 0 bridgehead atoms. The quantitative estimate of drug-likeness (QED) is 0.642. The molecule has 2 aromatic carbocycles. The van der Waals surface area contributed by atoms with Crippen LogP contribution in [0.3, 0.4) is 0 Å². The predicted molar refractivity (Wildman–Crippen MR) is 109 cm³/mol. The molecule has 1 fully saturated rings. The van der Waals surface area contributed by atoms with Gasteiger partial charge in [-0.15, -0.1) is 0 Å². The summed E-state index contributed by atoms with van der Waals surface area (Å²) in [4.78, 5) is 14.5. The average molecular weight is 459 g/mol. The monoisotopic (exact) mass is 458 g/mol. The largest absolute Gasteiger partial charge is 0.416 e. The highest BCUT2D eigenvalue weighted by molar-refractivity contribution is 6.31. The summed E-state index contributed by atoms with van der Waals surface area (Å²) in [5, 5.41) is 3.04. The summed E-state index contributed by atoms with van der Waals surface area (Å²) < 4.78 is 58.2. The Morgan fingerprint density at radius 1 is 1.26 bits per heavy atom. The first-order chi connectivity index (χ1) is 14.6. The molecule has 31 heavy (non-hydrogen) atoms. The van der Waals surface area contributed by atoms with Gasteiger partial charge in [0, 0.05) is 30.2 Å². The summed E-state index contributed by atoms with van der Waals surface area (Å²) >= 11 is 6.27. The third-order valence-electron chi connectivity index (χ3n) is 5.18. The number of ether oxygens (including phenoxy) is 1. The summed E-state index contributed by atoms with van der Waals surface area (Å²) in [5.41, 5.74) is -0.0218. The van der Waals surface area contributed by atoms with Crippen LogP contribution in [-0.2, 0) is 22.1 Å². The van der Waals surface area contributed by atoms with E-state index >= 15 is 0 Å². The molecule has 1 N–H and O–H groups in total. The zero-order valence-corrected chi connectivity index (χ0v) is 17.6. The first-order valence-corrected chi connectivity index (χ1v) is 10.3. The molecular formula is C22H23ClF4N2O2. The Morgan fingerprint density at radius 3 is 2.58 bits per heavy atom. The number of morpholine rings is 1. The van der Waals surface area contributed by atoms with Gasteiger partial charge in [-0.25, -0.2) is 4.39 Å². The number of hydrogen-bond donors (Lipinski definition) is 1. The molecule has 9 heteroatoms. The summed E-state index contributed by atoms with van der Waals surface area (Å²) in [7, 11) is 0. The third kappa shape index (κ3) is 6.18. The number of benzene rings is 2. The fourth-order valence-corrected chi connectivity index (χ4v) is 3.93. The molecule has 2 aromatic rings. The number of rotatable bonds is 6. The fourth-order valence-electron chi connectivity index (χ4n) is 3.64. The molecule has 1 aliphatic heterocycles. The molecule has 0 saturated carbocycles. The van der Waals surface area contributed by atoms with E-state index in [1.54, 1.807) is 6.07 Å². The maximum Gasteiger partial charge on any atom is 0.416 e. The Labute approximate surface area is 183 Å². The van der Waals surface area contributed by atoms with E-state index in [0.29, 0.717) is 30.8 Å². The Morgan fingerprint density at radius 2 is 1.97 bits per heavy atom. The maximum absolute atomic E-state index is 14.6. The predicted octanol–water partition coefficient (Wildman–Crippen LogP) is 4.62. The van der Waals surface area contributed by atoms with E-state index in [1.165, 1.54) is 24.3 Å². The smallest absolute Gasteiger partial charge is 0.376 e. The number of halogens is 5. The number of carbonyl (C=O) groups excluding carboxylic acids is 1. The molecule has 0 aromatic heterocycles. The Bertz CT molecular complexity index is 885. The first kappa shape index (κ1) is 23.5. The van der Waals surface area contributed by atoms with Crippen LogP contribution in [-0.4, -0.2) is 43.2 Å². The van der Waals surface area contributed by atoms with Crippen molar-refractivity contribution in [2.75, 3.05) is 26.2 Å². The van der Waals surface area contributed by atoms with Crippen LogP contribution >= 0.6 is 11.6 Å². The summed E-state index contributed by atoms with van der Waals surface area (Å²) in [6.45, 7) is 3.59. The third-order valence-corrected chi connectivity index (χ3v) is 5.51. The Balaban J connectivity index is 1.70.